The number of benzene rings is 1. The summed E-state index contributed by atoms with van der Waals surface area (Å²) in [6.45, 7) is -0.215. The van der Waals surface area contributed by atoms with E-state index in [2.05, 4.69) is 0 Å². The van der Waals surface area contributed by atoms with Crippen molar-refractivity contribution in [2.75, 3.05) is 0 Å². The highest BCUT2D eigenvalue weighted by Crippen LogP contribution is 2.27. The smallest absolute Gasteiger partial charge is 0.201 e. The van der Waals surface area contributed by atoms with Gasteiger partial charge in [0, 0.05) is 24.0 Å². The van der Waals surface area contributed by atoms with Crippen LogP contribution in [0.3, 0.4) is 0 Å². The maximum atomic E-state index is 8.15. The molecule has 2 aromatic rings. The molecule has 1 aromatic carbocycles. The van der Waals surface area contributed by atoms with Gasteiger partial charge in [0.05, 0.1) is 0 Å². The number of fused-ring (bicyclic) bond motifs is 1. The minimum absolute atomic E-state index is 0.331. The van der Waals surface area contributed by atoms with Crippen molar-refractivity contribution in [1.82, 2.24) is 0 Å². The molecular formula is C17H20N+. The lowest BCUT2D eigenvalue weighted by molar-refractivity contribution is -0.660. The summed E-state index contributed by atoms with van der Waals surface area (Å²) in [7, 11) is 1.95. The first-order chi connectivity index (χ1) is 10.6. The molecule has 0 N–H and O–H groups in total. The number of aryl methyl sites for hydroxylation is 5. The second-order valence-electron chi connectivity index (χ2n) is 4.91. The van der Waals surface area contributed by atoms with E-state index in [0.717, 1.165) is 34.4 Å². The van der Waals surface area contributed by atoms with Crippen molar-refractivity contribution in [2.45, 2.75) is 33.0 Å². The van der Waals surface area contributed by atoms with Gasteiger partial charge in [-0.2, -0.15) is 0 Å². The van der Waals surface area contributed by atoms with E-state index in [0.29, 0.717) is 12.0 Å². The fraction of sp³-hybridized carbons (Fsp3) is 0.353. The third-order valence-electron chi connectivity index (χ3n) is 3.57. The van der Waals surface area contributed by atoms with Gasteiger partial charge in [-0.15, -0.1) is 0 Å². The van der Waals surface area contributed by atoms with E-state index in [1.807, 2.05) is 36.9 Å². The van der Waals surface area contributed by atoms with Crippen LogP contribution in [0.1, 0.15) is 35.5 Å². The molecule has 1 heteroatoms. The van der Waals surface area contributed by atoms with Crippen molar-refractivity contribution < 1.29 is 11.4 Å². The topological polar surface area (TPSA) is 3.88 Å². The molecule has 0 spiro atoms. The molecule has 92 valence electrons. The highest BCUT2D eigenvalue weighted by atomic mass is 14.9. The highest BCUT2D eigenvalue weighted by molar-refractivity contribution is 5.62. The molecule has 1 aromatic heterocycles. The Morgan fingerprint density at radius 2 is 2.17 bits per heavy atom. The predicted octanol–water partition coefficient (Wildman–Crippen LogP) is 3.28. The molecule has 1 nitrogen and oxygen atoms in total. The van der Waals surface area contributed by atoms with Crippen LogP contribution < -0.4 is 4.57 Å². The molecule has 0 radical (unpaired) electrons. The molecule has 1 aliphatic carbocycles. The van der Waals surface area contributed by atoms with Gasteiger partial charge in [-0.25, -0.2) is 4.57 Å². The second kappa shape index (κ2) is 4.24. The molecule has 0 atom stereocenters. The van der Waals surface area contributed by atoms with E-state index in [4.69, 9.17) is 6.85 Å². The average Bonchev–Trinajstić information content (AvgIpc) is 2.72. The molecular weight excluding hydrogens is 218 g/mol. The van der Waals surface area contributed by atoms with Crippen molar-refractivity contribution in [2.24, 2.45) is 7.05 Å². The van der Waals surface area contributed by atoms with Gasteiger partial charge in [-0.1, -0.05) is 17.7 Å². The first kappa shape index (κ1) is 7.08. The van der Waals surface area contributed by atoms with E-state index < -0.39 is 13.2 Å². The summed E-state index contributed by atoms with van der Waals surface area (Å²) < 4.78 is 40.9. The molecule has 1 aliphatic rings. The fourth-order valence-electron chi connectivity index (χ4n) is 2.62. The van der Waals surface area contributed by atoms with Crippen LogP contribution in [0.2, 0.25) is 0 Å². The summed E-state index contributed by atoms with van der Waals surface area (Å²) in [5, 5.41) is 0. The quantitative estimate of drug-likeness (QED) is 0.677. The molecule has 0 saturated carbocycles. The van der Waals surface area contributed by atoms with Crippen molar-refractivity contribution in [3.8, 4) is 11.3 Å². The molecule has 0 saturated heterocycles. The second-order valence-corrected chi connectivity index (χ2v) is 4.91. The maximum Gasteiger partial charge on any atom is 0.212 e. The van der Waals surface area contributed by atoms with E-state index in [1.165, 1.54) is 0 Å². The van der Waals surface area contributed by atoms with Crippen LogP contribution in [0.15, 0.2) is 30.5 Å². The number of hydrogen-bond donors (Lipinski definition) is 0. The van der Waals surface area contributed by atoms with Gasteiger partial charge in [0.25, 0.3) is 0 Å². The van der Waals surface area contributed by atoms with Crippen LogP contribution >= 0.6 is 0 Å². The Bertz CT molecular complexity index is 777. The first-order valence-electron chi connectivity index (χ1n) is 8.74. The zero-order valence-corrected chi connectivity index (χ0v) is 10.7. The monoisotopic (exact) mass is 243 g/mol. The first-order valence-corrected chi connectivity index (χ1v) is 6.24. The van der Waals surface area contributed by atoms with Crippen LogP contribution in [0.25, 0.3) is 11.3 Å². The molecule has 0 aliphatic heterocycles. The third kappa shape index (κ3) is 1.84. The molecule has 0 unspecified atom stereocenters. The Kier molecular flexibility index (Phi) is 1.67. The molecule has 18 heavy (non-hydrogen) atoms. The summed E-state index contributed by atoms with van der Waals surface area (Å²) in [4.78, 5) is 0. The SMILES string of the molecule is [2H]C([2H])([2H])c1ccc(-c2cc3c(c[n+]2C)CCC3([2H])[2H])c(C)c1. The summed E-state index contributed by atoms with van der Waals surface area (Å²) in [5.74, 6) is 0. The molecule has 0 amide bonds. The molecule has 0 fully saturated rings. The normalized spacial score (nSPS) is 21.3. The number of nitrogens with zero attached hydrogens (tertiary/aromatic N) is 1. The van der Waals surface area contributed by atoms with Gasteiger partial charge >= 0.3 is 0 Å². The fourth-order valence-corrected chi connectivity index (χ4v) is 2.62. The predicted molar refractivity (Wildman–Crippen MR) is 74.6 cm³/mol. The highest BCUT2D eigenvalue weighted by Gasteiger charge is 2.20. The Morgan fingerprint density at radius 1 is 1.28 bits per heavy atom. The van der Waals surface area contributed by atoms with E-state index in [1.54, 1.807) is 12.1 Å². The van der Waals surface area contributed by atoms with Crippen LogP contribution in [-0.4, -0.2) is 0 Å². The molecule has 1 heterocycles. The average molecular weight is 243 g/mol. The minimum atomic E-state index is -2.11. The van der Waals surface area contributed by atoms with Crippen molar-refractivity contribution in [3.05, 3.63) is 52.7 Å². The van der Waals surface area contributed by atoms with Crippen LogP contribution in [-0.2, 0) is 19.8 Å². The standard InChI is InChI=1S/C17H20N/c1-12-7-8-16(13(2)9-12)17-10-14-5-4-6-15(14)11-18(17)3/h7-11H,4-6H2,1-3H3/q+1/i1D3,5D2. The molecule has 0 bridgehead atoms. The number of aromatic nitrogens is 1. The molecule has 3 rings (SSSR count). The lowest BCUT2D eigenvalue weighted by atomic mass is 10.0. The van der Waals surface area contributed by atoms with Crippen LogP contribution in [0.5, 0.6) is 0 Å². The van der Waals surface area contributed by atoms with Gasteiger partial charge < -0.3 is 0 Å². The van der Waals surface area contributed by atoms with Gasteiger partial charge in [-0.3, -0.25) is 0 Å². The lowest BCUT2D eigenvalue weighted by Crippen LogP contribution is -2.31. The zero-order chi connectivity index (χ0) is 17.0. The number of rotatable bonds is 1. The Labute approximate surface area is 116 Å². The number of pyridine rings is 1. The van der Waals surface area contributed by atoms with Gasteiger partial charge in [0.15, 0.2) is 6.20 Å². The van der Waals surface area contributed by atoms with Crippen molar-refractivity contribution in [3.63, 3.8) is 0 Å². The van der Waals surface area contributed by atoms with E-state index in [9.17, 15) is 0 Å². The summed E-state index contributed by atoms with van der Waals surface area (Å²) >= 11 is 0. The van der Waals surface area contributed by atoms with E-state index >= 15 is 0 Å². The maximum absolute atomic E-state index is 8.15. The van der Waals surface area contributed by atoms with Crippen molar-refractivity contribution in [1.29, 1.82) is 0 Å². The van der Waals surface area contributed by atoms with Crippen LogP contribution in [0.4, 0.5) is 0 Å². The largest absolute Gasteiger partial charge is 0.212 e. The Morgan fingerprint density at radius 3 is 2.94 bits per heavy atom. The number of hydrogen-bond acceptors (Lipinski definition) is 0. The Hall–Kier alpha value is -1.63. The Balaban J connectivity index is 2.13. The summed E-state index contributed by atoms with van der Waals surface area (Å²) in [5.41, 5.74) is 4.86. The summed E-state index contributed by atoms with van der Waals surface area (Å²) in [6.07, 6.45) is 1.98. The zero-order valence-electron chi connectivity index (χ0n) is 15.7. The lowest BCUT2D eigenvalue weighted by Gasteiger charge is -2.07. The minimum Gasteiger partial charge on any atom is -0.201 e. The van der Waals surface area contributed by atoms with Crippen molar-refractivity contribution >= 4 is 0 Å². The van der Waals surface area contributed by atoms with Gasteiger partial charge in [0.2, 0.25) is 5.69 Å². The summed E-state index contributed by atoms with van der Waals surface area (Å²) in [6, 6.07) is 7.07. The van der Waals surface area contributed by atoms with Crippen LogP contribution in [0, 0.1) is 13.8 Å². The van der Waals surface area contributed by atoms with Gasteiger partial charge in [0.1, 0.15) is 7.05 Å². The third-order valence-corrected chi connectivity index (χ3v) is 3.57. The van der Waals surface area contributed by atoms with E-state index in [-0.39, 0.29) is 0 Å². The van der Waals surface area contributed by atoms with Gasteiger partial charge in [-0.05, 0) is 50.2 Å².